The topological polar surface area (TPSA) is 3.24 Å². The Bertz CT molecular complexity index is 309. The normalized spacial score (nSPS) is 14.4. The number of unbranched alkanes of at least 4 members (excludes halogenated alkanes) is 9. The van der Waals surface area contributed by atoms with Crippen LogP contribution in [0.4, 0.5) is 0 Å². The van der Waals surface area contributed by atoms with Crippen molar-refractivity contribution >= 4 is 0 Å². The molecule has 1 unspecified atom stereocenters. The summed E-state index contributed by atoms with van der Waals surface area (Å²) in [6, 6.07) is 0. The minimum atomic E-state index is 1.18. The zero-order valence-corrected chi connectivity index (χ0v) is 19.1. The van der Waals surface area contributed by atoms with Crippen molar-refractivity contribution in [3.05, 3.63) is 12.2 Å². The summed E-state index contributed by atoms with van der Waals surface area (Å²) in [7, 11) is 0. The lowest BCUT2D eigenvalue weighted by Gasteiger charge is -2.38. The van der Waals surface area contributed by atoms with Crippen molar-refractivity contribution in [3.8, 4) is 0 Å². The van der Waals surface area contributed by atoms with Crippen molar-refractivity contribution in [2.24, 2.45) is 0 Å². The van der Waals surface area contributed by atoms with E-state index in [9.17, 15) is 0 Å². The molecule has 2 heteroatoms. The average Bonchev–Trinajstić information content (AvgIpc) is 2.67. The Morgan fingerprint density at radius 1 is 0.692 bits per heavy atom. The van der Waals surface area contributed by atoms with Crippen LogP contribution >= 0.6 is 0 Å². The molecule has 0 radical (unpaired) electrons. The van der Waals surface area contributed by atoms with Gasteiger partial charge in [0.1, 0.15) is 0 Å². The standard InChI is InChI=1S/C24H51N2/c1-6-11-13-14-15-16-17-18-19-20-23-26(10-5,22-12-7-2)24-21-25(8-3)9-4/h7,12H,6,8-11,13-24H2,1-5H3/q+1/b12-7+. The van der Waals surface area contributed by atoms with Crippen LogP contribution in [-0.4, -0.2) is 55.2 Å². The van der Waals surface area contributed by atoms with Crippen LogP contribution < -0.4 is 0 Å². The highest BCUT2D eigenvalue weighted by Crippen LogP contribution is 2.14. The van der Waals surface area contributed by atoms with E-state index >= 15 is 0 Å². The van der Waals surface area contributed by atoms with Gasteiger partial charge in [0.05, 0.1) is 26.2 Å². The summed E-state index contributed by atoms with van der Waals surface area (Å²) in [6.07, 6.45) is 19.0. The molecule has 1 atom stereocenters. The third kappa shape index (κ3) is 12.9. The van der Waals surface area contributed by atoms with Crippen molar-refractivity contribution in [3.63, 3.8) is 0 Å². The van der Waals surface area contributed by atoms with Crippen LogP contribution in [0.2, 0.25) is 0 Å². The van der Waals surface area contributed by atoms with Gasteiger partial charge in [0, 0.05) is 6.54 Å². The van der Waals surface area contributed by atoms with Gasteiger partial charge in [-0.2, -0.15) is 0 Å². The van der Waals surface area contributed by atoms with Crippen molar-refractivity contribution in [2.75, 3.05) is 45.8 Å². The zero-order chi connectivity index (χ0) is 19.5. The van der Waals surface area contributed by atoms with Crippen LogP contribution in [0.3, 0.4) is 0 Å². The van der Waals surface area contributed by atoms with E-state index in [0.717, 1.165) is 0 Å². The number of quaternary nitrogens is 1. The first-order valence-electron chi connectivity index (χ1n) is 11.9. The molecule has 0 N–H and O–H groups in total. The first kappa shape index (κ1) is 25.7. The number of nitrogens with zero attached hydrogens (tertiary/aromatic N) is 2. The van der Waals surface area contributed by atoms with E-state index in [2.05, 4.69) is 51.7 Å². The fraction of sp³-hybridized carbons (Fsp3) is 0.917. The van der Waals surface area contributed by atoms with Crippen molar-refractivity contribution < 1.29 is 4.48 Å². The number of allylic oxidation sites excluding steroid dienone is 1. The maximum absolute atomic E-state index is 2.58. The quantitative estimate of drug-likeness (QED) is 0.140. The van der Waals surface area contributed by atoms with Gasteiger partial charge in [-0.25, -0.2) is 0 Å². The molecule has 0 saturated carbocycles. The minimum absolute atomic E-state index is 1.18. The molecule has 0 fully saturated rings. The van der Waals surface area contributed by atoms with Gasteiger partial charge in [0.2, 0.25) is 0 Å². The summed E-state index contributed by atoms with van der Waals surface area (Å²) in [5, 5.41) is 0. The van der Waals surface area contributed by atoms with Gasteiger partial charge in [0.25, 0.3) is 0 Å². The van der Waals surface area contributed by atoms with E-state index in [4.69, 9.17) is 0 Å². The van der Waals surface area contributed by atoms with Crippen LogP contribution in [0.5, 0.6) is 0 Å². The fourth-order valence-electron chi connectivity index (χ4n) is 3.90. The number of hydrogen-bond acceptors (Lipinski definition) is 1. The molecule has 0 aromatic heterocycles. The molecule has 0 saturated heterocycles. The van der Waals surface area contributed by atoms with Crippen molar-refractivity contribution in [2.45, 2.75) is 98.8 Å². The smallest absolute Gasteiger partial charge is 0.0973 e. The van der Waals surface area contributed by atoms with Crippen LogP contribution in [0.15, 0.2) is 12.2 Å². The first-order valence-corrected chi connectivity index (χ1v) is 11.9. The average molecular weight is 368 g/mol. The maximum Gasteiger partial charge on any atom is 0.0973 e. The predicted molar refractivity (Wildman–Crippen MR) is 120 cm³/mol. The molecule has 0 aliphatic rings. The summed E-state index contributed by atoms with van der Waals surface area (Å²) in [5.41, 5.74) is 0. The molecule has 0 aliphatic heterocycles. The molecular formula is C24H51N2+. The summed E-state index contributed by atoms with van der Waals surface area (Å²) in [4.78, 5) is 2.58. The van der Waals surface area contributed by atoms with Gasteiger partial charge < -0.3 is 4.48 Å². The van der Waals surface area contributed by atoms with Gasteiger partial charge >= 0.3 is 0 Å². The van der Waals surface area contributed by atoms with Gasteiger partial charge in [-0.1, -0.05) is 78.2 Å². The molecule has 0 bridgehead atoms. The highest BCUT2D eigenvalue weighted by molar-refractivity contribution is 4.77. The van der Waals surface area contributed by atoms with Gasteiger partial charge in [0.15, 0.2) is 0 Å². The molecule has 0 aromatic carbocycles. The molecule has 0 spiro atoms. The van der Waals surface area contributed by atoms with Crippen LogP contribution in [0, 0.1) is 0 Å². The monoisotopic (exact) mass is 367 g/mol. The van der Waals surface area contributed by atoms with E-state index in [0.29, 0.717) is 0 Å². The molecule has 2 nitrogen and oxygen atoms in total. The fourth-order valence-corrected chi connectivity index (χ4v) is 3.90. The number of hydrogen-bond donors (Lipinski definition) is 0. The van der Waals surface area contributed by atoms with E-state index < -0.39 is 0 Å². The molecular weight excluding hydrogens is 316 g/mol. The summed E-state index contributed by atoms with van der Waals surface area (Å²) in [6.45, 7) is 20.2. The number of likely N-dealkylation sites (N-methyl/N-ethyl adjacent to an activating group) is 2. The molecule has 26 heavy (non-hydrogen) atoms. The second-order valence-corrected chi connectivity index (χ2v) is 8.07. The summed E-state index contributed by atoms with van der Waals surface area (Å²) in [5.74, 6) is 0. The largest absolute Gasteiger partial charge is 0.320 e. The van der Waals surface area contributed by atoms with Gasteiger partial charge in [-0.3, -0.25) is 4.90 Å². The van der Waals surface area contributed by atoms with E-state index in [1.165, 1.54) is 115 Å². The zero-order valence-electron chi connectivity index (χ0n) is 19.1. The van der Waals surface area contributed by atoms with Gasteiger partial charge in [-0.05, 0) is 45.9 Å². The Balaban J connectivity index is 4.10. The lowest BCUT2D eigenvalue weighted by Crippen LogP contribution is -2.52. The van der Waals surface area contributed by atoms with Crippen LogP contribution in [0.1, 0.15) is 98.8 Å². The van der Waals surface area contributed by atoms with E-state index in [1.54, 1.807) is 0 Å². The van der Waals surface area contributed by atoms with E-state index in [-0.39, 0.29) is 0 Å². The SMILES string of the molecule is C/C=C/C[N+](CC)(CCCCCCCCCCCC)CCN(CC)CC. The van der Waals surface area contributed by atoms with E-state index in [1.807, 2.05) is 0 Å². The minimum Gasteiger partial charge on any atom is -0.320 e. The Kier molecular flexibility index (Phi) is 17.8. The molecule has 0 aliphatic carbocycles. The van der Waals surface area contributed by atoms with Crippen molar-refractivity contribution in [1.29, 1.82) is 0 Å². The number of rotatable bonds is 19. The Hall–Kier alpha value is -0.340. The van der Waals surface area contributed by atoms with Gasteiger partial charge in [-0.15, -0.1) is 0 Å². The maximum atomic E-state index is 2.58. The molecule has 0 amide bonds. The van der Waals surface area contributed by atoms with Crippen molar-refractivity contribution in [1.82, 2.24) is 4.90 Å². The summed E-state index contributed by atoms with van der Waals surface area (Å²) >= 11 is 0. The second-order valence-electron chi connectivity index (χ2n) is 8.07. The Morgan fingerprint density at radius 3 is 1.69 bits per heavy atom. The highest BCUT2D eigenvalue weighted by atomic mass is 15.4. The van der Waals surface area contributed by atoms with Crippen LogP contribution in [0.25, 0.3) is 0 Å². The first-order chi connectivity index (χ1) is 12.7. The lowest BCUT2D eigenvalue weighted by molar-refractivity contribution is -0.921. The van der Waals surface area contributed by atoms with Crippen LogP contribution in [-0.2, 0) is 0 Å². The molecule has 0 aromatic rings. The molecule has 156 valence electrons. The Labute approximate surface area is 166 Å². The Morgan fingerprint density at radius 2 is 1.23 bits per heavy atom. The highest BCUT2D eigenvalue weighted by Gasteiger charge is 2.23. The second kappa shape index (κ2) is 18.0. The molecule has 0 rings (SSSR count). The summed E-state index contributed by atoms with van der Waals surface area (Å²) < 4.78 is 1.28. The lowest BCUT2D eigenvalue weighted by atomic mass is 10.1. The third-order valence-electron chi connectivity index (χ3n) is 6.17. The predicted octanol–water partition coefficient (Wildman–Crippen LogP) is 6.66. The third-order valence-corrected chi connectivity index (χ3v) is 6.17. The molecule has 0 heterocycles.